The molecule has 5 heteroatoms. The second-order valence-corrected chi connectivity index (χ2v) is 4.86. The number of hydrogen-bond donors (Lipinski definition) is 0. The van der Waals surface area contributed by atoms with Crippen LogP contribution in [0.5, 0.6) is 11.5 Å². The van der Waals surface area contributed by atoms with Gasteiger partial charge in [-0.3, -0.25) is 9.59 Å². The van der Waals surface area contributed by atoms with Crippen molar-refractivity contribution in [2.45, 2.75) is 13.8 Å². The third-order valence-corrected chi connectivity index (χ3v) is 2.89. The normalized spacial score (nSPS) is 10.3. The Kier molecular flexibility index (Phi) is 3.85. The van der Waals surface area contributed by atoms with Crippen LogP contribution in [0.15, 0.2) is 34.8 Å². The Hall–Kier alpha value is -1.88. The molecule has 0 unspecified atom stereocenters. The molecule has 0 atom stereocenters. The lowest BCUT2D eigenvalue weighted by Crippen LogP contribution is -2.07. The lowest BCUT2D eigenvalue weighted by Gasteiger charge is -2.11. The third kappa shape index (κ3) is 3.12. The molecule has 2 aromatic rings. The van der Waals surface area contributed by atoms with E-state index in [1.165, 1.54) is 13.8 Å². The summed E-state index contributed by atoms with van der Waals surface area (Å²) in [7, 11) is 0. The minimum Gasteiger partial charge on any atom is -0.423 e. The van der Waals surface area contributed by atoms with Gasteiger partial charge in [0.1, 0.15) is 0 Å². The number of halogens is 1. The number of rotatable bonds is 2. The van der Waals surface area contributed by atoms with E-state index in [0.29, 0.717) is 5.39 Å². The highest BCUT2D eigenvalue weighted by molar-refractivity contribution is 9.10. The van der Waals surface area contributed by atoms with Crippen LogP contribution in [0.25, 0.3) is 10.8 Å². The summed E-state index contributed by atoms with van der Waals surface area (Å²) < 4.78 is 11.1. The molecule has 98 valence electrons. The van der Waals surface area contributed by atoms with Crippen LogP contribution in [0.2, 0.25) is 0 Å². The third-order valence-electron chi connectivity index (χ3n) is 2.40. The maximum Gasteiger partial charge on any atom is 0.308 e. The summed E-state index contributed by atoms with van der Waals surface area (Å²) in [5.41, 5.74) is 0. The zero-order valence-electron chi connectivity index (χ0n) is 10.4. The largest absolute Gasteiger partial charge is 0.423 e. The molecule has 0 bridgehead atoms. The van der Waals surface area contributed by atoms with Crippen molar-refractivity contribution >= 4 is 38.6 Å². The van der Waals surface area contributed by atoms with Gasteiger partial charge in [-0.1, -0.05) is 22.0 Å². The van der Waals surface area contributed by atoms with E-state index in [1.807, 2.05) is 12.1 Å². The molecule has 2 aromatic carbocycles. The quantitative estimate of drug-likeness (QED) is 0.627. The highest BCUT2D eigenvalue weighted by Crippen LogP contribution is 2.37. The zero-order valence-corrected chi connectivity index (χ0v) is 12.0. The summed E-state index contributed by atoms with van der Waals surface area (Å²) in [5, 5.41) is 1.58. The smallest absolute Gasteiger partial charge is 0.308 e. The second-order valence-electron chi connectivity index (χ2n) is 3.95. The highest BCUT2D eigenvalue weighted by Gasteiger charge is 2.14. The lowest BCUT2D eigenvalue weighted by atomic mass is 10.1. The van der Waals surface area contributed by atoms with Gasteiger partial charge in [0.2, 0.25) is 0 Å². The number of hydrogen-bond acceptors (Lipinski definition) is 4. The van der Waals surface area contributed by atoms with Crippen LogP contribution in [-0.2, 0) is 9.59 Å². The van der Waals surface area contributed by atoms with E-state index in [9.17, 15) is 9.59 Å². The van der Waals surface area contributed by atoms with Crippen LogP contribution in [0.3, 0.4) is 0 Å². The molecule has 2 rings (SSSR count). The fourth-order valence-electron chi connectivity index (χ4n) is 1.74. The number of carbonyl (C=O) groups excluding carboxylic acids is 2. The van der Waals surface area contributed by atoms with Crippen LogP contribution < -0.4 is 9.47 Å². The molecule has 0 aromatic heterocycles. The molecule has 0 spiro atoms. The summed E-state index contributed by atoms with van der Waals surface area (Å²) >= 11 is 3.37. The van der Waals surface area contributed by atoms with E-state index in [0.717, 1.165) is 9.86 Å². The van der Waals surface area contributed by atoms with Crippen molar-refractivity contribution in [1.82, 2.24) is 0 Å². The first-order valence-electron chi connectivity index (χ1n) is 5.56. The van der Waals surface area contributed by atoms with Crippen LogP contribution in [0.1, 0.15) is 13.8 Å². The number of benzene rings is 2. The molecule has 0 aliphatic rings. The molecule has 0 aliphatic heterocycles. The predicted octanol–water partition coefficient (Wildman–Crippen LogP) is 3.45. The molecule has 0 heterocycles. The molecule has 0 radical (unpaired) electrons. The van der Waals surface area contributed by atoms with Crippen molar-refractivity contribution in [2.24, 2.45) is 0 Å². The van der Waals surface area contributed by atoms with Gasteiger partial charge < -0.3 is 9.47 Å². The molecule has 0 aliphatic carbocycles. The minimum atomic E-state index is -0.469. The van der Waals surface area contributed by atoms with E-state index in [4.69, 9.17) is 9.47 Å². The maximum atomic E-state index is 11.2. The van der Waals surface area contributed by atoms with E-state index >= 15 is 0 Å². The first kappa shape index (κ1) is 13.5. The van der Waals surface area contributed by atoms with Gasteiger partial charge in [-0.2, -0.15) is 0 Å². The van der Waals surface area contributed by atoms with Crippen molar-refractivity contribution < 1.29 is 19.1 Å². The molecular formula is C14H11BrO4. The molecular weight excluding hydrogens is 312 g/mol. The van der Waals surface area contributed by atoms with Crippen LogP contribution in [-0.4, -0.2) is 11.9 Å². The number of ether oxygens (including phenoxy) is 2. The Balaban J connectivity index is 2.65. The Morgan fingerprint density at radius 3 is 2.32 bits per heavy atom. The fraction of sp³-hybridized carbons (Fsp3) is 0.143. The number of esters is 2. The van der Waals surface area contributed by atoms with Gasteiger partial charge in [-0.05, 0) is 29.7 Å². The van der Waals surface area contributed by atoms with E-state index in [-0.39, 0.29) is 11.5 Å². The fourth-order valence-corrected chi connectivity index (χ4v) is 2.12. The van der Waals surface area contributed by atoms with Gasteiger partial charge in [-0.25, -0.2) is 0 Å². The summed E-state index contributed by atoms with van der Waals surface area (Å²) in [4.78, 5) is 22.3. The van der Waals surface area contributed by atoms with Crippen LogP contribution in [0, 0.1) is 0 Å². The maximum absolute atomic E-state index is 11.2. The SMILES string of the molecule is CC(=O)Oc1ccc2cc(Br)ccc2c1OC(C)=O. The van der Waals surface area contributed by atoms with E-state index in [2.05, 4.69) is 15.9 Å². The standard InChI is InChI=1S/C14H11BrO4/c1-8(16)18-13-6-3-10-7-11(15)4-5-12(10)14(13)19-9(2)17/h3-7H,1-2H3. The van der Waals surface area contributed by atoms with E-state index in [1.54, 1.807) is 18.2 Å². The molecule has 19 heavy (non-hydrogen) atoms. The average Bonchev–Trinajstić information content (AvgIpc) is 2.31. The van der Waals surface area contributed by atoms with Gasteiger partial charge in [0.25, 0.3) is 0 Å². The second kappa shape index (κ2) is 5.40. The minimum absolute atomic E-state index is 0.234. The van der Waals surface area contributed by atoms with Gasteiger partial charge in [0.05, 0.1) is 0 Å². The number of carbonyl (C=O) groups is 2. The highest BCUT2D eigenvalue weighted by atomic mass is 79.9. The first-order valence-corrected chi connectivity index (χ1v) is 6.36. The lowest BCUT2D eigenvalue weighted by molar-refractivity contribution is -0.134. The van der Waals surface area contributed by atoms with Gasteiger partial charge in [0, 0.05) is 23.7 Å². The Bertz CT molecular complexity index is 664. The molecule has 0 amide bonds. The topological polar surface area (TPSA) is 52.6 Å². The molecule has 0 saturated carbocycles. The number of fused-ring (bicyclic) bond motifs is 1. The van der Waals surface area contributed by atoms with Crippen molar-refractivity contribution in [3.63, 3.8) is 0 Å². The van der Waals surface area contributed by atoms with Gasteiger partial charge in [0.15, 0.2) is 11.5 Å². The van der Waals surface area contributed by atoms with E-state index < -0.39 is 11.9 Å². The van der Waals surface area contributed by atoms with Crippen molar-refractivity contribution in [3.8, 4) is 11.5 Å². The van der Waals surface area contributed by atoms with Gasteiger partial charge in [-0.15, -0.1) is 0 Å². The van der Waals surface area contributed by atoms with Gasteiger partial charge >= 0.3 is 11.9 Å². The molecule has 0 N–H and O–H groups in total. The van der Waals surface area contributed by atoms with Crippen LogP contribution >= 0.6 is 15.9 Å². The van der Waals surface area contributed by atoms with Crippen molar-refractivity contribution in [2.75, 3.05) is 0 Å². The predicted molar refractivity (Wildman–Crippen MR) is 74.3 cm³/mol. The summed E-state index contributed by atoms with van der Waals surface area (Å²) in [6.07, 6.45) is 0. The Labute approximate surface area is 118 Å². The van der Waals surface area contributed by atoms with Crippen LogP contribution in [0.4, 0.5) is 0 Å². The first-order chi connectivity index (χ1) is 8.97. The average molecular weight is 323 g/mol. The summed E-state index contributed by atoms with van der Waals surface area (Å²) in [6.45, 7) is 2.60. The summed E-state index contributed by atoms with van der Waals surface area (Å²) in [5.74, 6) is -0.445. The molecule has 0 saturated heterocycles. The molecule has 0 fully saturated rings. The zero-order chi connectivity index (χ0) is 14.0. The Morgan fingerprint density at radius 1 is 1.00 bits per heavy atom. The van der Waals surface area contributed by atoms with Crippen molar-refractivity contribution in [3.05, 3.63) is 34.8 Å². The van der Waals surface area contributed by atoms with Crippen molar-refractivity contribution in [1.29, 1.82) is 0 Å². The Morgan fingerprint density at radius 2 is 1.68 bits per heavy atom. The molecule has 4 nitrogen and oxygen atoms in total. The monoisotopic (exact) mass is 322 g/mol. The summed E-state index contributed by atoms with van der Waals surface area (Å²) in [6, 6.07) is 8.91.